The van der Waals surface area contributed by atoms with E-state index >= 15 is 0 Å². The molecule has 4 rings (SSSR count). The molecule has 14 heteroatoms. The zero-order valence-electron chi connectivity index (χ0n) is 16.9. The van der Waals surface area contributed by atoms with Gasteiger partial charge in [0.15, 0.2) is 0 Å². The molecule has 3 aromatic rings. The van der Waals surface area contributed by atoms with E-state index in [-0.39, 0.29) is 22.1 Å². The number of nitrogens with zero attached hydrogens (tertiary/aromatic N) is 5. The molecule has 1 fully saturated rings. The minimum Gasteiger partial charge on any atom is -0.394 e. The minimum atomic E-state index is -1.41. The molecule has 1 aromatic carbocycles. The molecule has 0 saturated carbocycles. The number of hydrogen-bond donors (Lipinski definition) is 3. The van der Waals surface area contributed by atoms with Crippen molar-refractivity contribution in [3.8, 4) is 11.3 Å². The summed E-state index contributed by atoms with van der Waals surface area (Å²) in [6.07, 6.45) is -1.35. The maximum atomic E-state index is 13.9. The normalized spacial score (nSPS) is 24.7. The molecule has 1 aliphatic heterocycles. The highest BCUT2D eigenvalue weighted by molar-refractivity contribution is 8.00. The van der Waals surface area contributed by atoms with Gasteiger partial charge in [0.2, 0.25) is 0 Å². The van der Waals surface area contributed by atoms with Gasteiger partial charge in [0.1, 0.15) is 58.3 Å². The standard InChI is InChI=1S/C20H15Cl2F2N5O4S/c1-25-19-14(4-9(21)5-26-19)34-20-18(32)16(17(31)13(7-30)33-20)29-6-12(27-28-29)8-2-10(23)15(22)11(24)3-8/h2-6,13,16-18,20,30-32H,7H2/t13?,16-,17-,18?,20+/m0/s1. The molecule has 0 radical (unpaired) electrons. The summed E-state index contributed by atoms with van der Waals surface area (Å²) >= 11 is 12.4. The summed E-state index contributed by atoms with van der Waals surface area (Å²) < 4.78 is 34.5. The molecule has 0 amide bonds. The van der Waals surface area contributed by atoms with Crippen LogP contribution in [0.25, 0.3) is 16.1 Å². The summed E-state index contributed by atoms with van der Waals surface area (Å²) in [5, 5.41) is 38.8. The van der Waals surface area contributed by atoms with E-state index in [9.17, 15) is 24.1 Å². The second-order valence-electron chi connectivity index (χ2n) is 7.24. The van der Waals surface area contributed by atoms with Crippen LogP contribution in [0.15, 0.2) is 35.5 Å². The van der Waals surface area contributed by atoms with Gasteiger partial charge < -0.3 is 24.9 Å². The van der Waals surface area contributed by atoms with Crippen molar-refractivity contribution in [2.24, 2.45) is 0 Å². The van der Waals surface area contributed by atoms with Crippen LogP contribution < -0.4 is 0 Å². The van der Waals surface area contributed by atoms with Crippen LogP contribution in [0.3, 0.4) is 0 Å². The fourth-order valence-corrected chi connectivity index (χ4v) is 4.92. The number of ether oxygens (including phenoxy) is 1. The molecule has 34 heavy (non-hydrogen) atoms. The Balaban J connectivity index is 1.66. The molecule has 178 valence electrons. The first-order valence-corrected chi connectivity index (χ1v) is 11.3. The van der Waals surface area contributed by atoms with E-state index in [0.717, 1.165) is 28.6 Å². The first kappa shape index (κ1) is 24.7. The van der Waals surface area contributed by atoms with Gasteiger partial charge in [-0.15, -0.1) is 21.8 Å². The molecule has 1 saturated heterocycles. The van der Waals surface area contributed by atoms with Crippen LogP contribution in [0.5, 0.6) is 0 Å². The van der Waals surface area contributed by atoms with Gasteiger partial charge >= 0.3 is 0 Å². The van der Waals surface area contributed by atoms with Gasteiger partial charge in [0.25, 0.3) is 5.82 Å². The Morgan fingerprint density at radius 3 is 2.53 bits per heavy atom. The van der Waals surface area contributed by atoms with Crippen LogP contribution >= 0.6 is 35.0 Å². The van der Waals surface area contributed by atoms with Crippen molar-refractivity contribution in [2.45, 2.75) is 34.7 Å². The largest absolute Gasteiger partial charge is 0.394 e. The molecule has 0 spiro atoms. The van der Waals surface area contributed by atoms with E-state index in [2.05, 4.69) is 20.1 Å². The minimum absolute atomic E-state index is 0.0308. The highest BCUT2D eigenvalue weighted by atomic mass is 35.5. The first-order valence-electron chi connectivity index (χ1n) is 9.62. The van der Waals surface area contributed by atoms with Crippen LogP contribution in [-0.4, -0.2) is 65.7 Å². The number of hydrogen-bond acceptors (Lipinski definition) is 8. The van der Waals surface area contributed by atoms with Crippen molar-refractivity contribution in [1.29, 1.82) is 0 Å². The Morgan fingerprint density at radius 2 is 1.88 bits per heavy atom. The summed E-state index contributed by atoms with van der Waals surface area (Å²) in [5.41, 5.74) is -0.971. The third-order valence-electron chi connectivity index (χ3n) is 5.09. The summed E-state index contributed by atoms with van der Waals surface area (Å²) in [6, 6.07) is 2.27. The molecule has 1 aliphatic rings. The smallest absolute Gasteiger partial charge is 0.283 e. The van der Waals surface area contributed by atoms with E-state index in [0.29, 0.717) is 4.90 Å². The highest BCUT2D eigenvalue weighted by Gasteiger charge is 2.46. The topological polar surface area (TPSA) is 118 Å². The lowest BCUT2D eigenvalue weighted by atomic mass is 9.97. The number of aliphatic hydroxyl groups is 3. The Kier molecular flexibility index (Phi) is 7.34. The van der Waals surface area contributed by atoms with Crippen LogP contribution in [-0.2, 0) is 4.74 Å². The first-order chi connectivity index (χ1) is 16.2. The zero-order valence-corrected chi connectivity index (χ0v) is 19.2. The Labute approximate surface area is 205 Å². The van der Waals surface area contributed by atoms with Gasteiger partial charge in [-0.2, -0.15) is 0 Å². The van der Waals surface area contributed by atoms with Crippen LogP contribution in [0.1, 0.15) is 6.04 Å². The maximum absolute atomic E-state index is 13.9. The number of thioether (sulfide) groups is 1. The maximum Gasteiger partial charge on any atom is 0.283 e. The molecule has 2 unspecified atom stereocenters. The van der Waals surface area contributed by atoms with Crippen molar-refractivity contribution in [2.75, 3.05) is 6.61 Å². The van der Waals surface area contributed by atoms with Crippen molar-refractivity contribution >= 4 is 40.8 Å². The summed E-state index contributed by atoms with van der Waals surface area (Å²) in [5.74, 6) is -1.94. The van der Waals surface area contributed by atoms with E-state index in [1.807, 2.05) is 0 Å². The van der Waals surface area contributed by atoms with Gasteiger partial charge in [-0.05, 0) is 18.2 Å². The van der Waals surface area contributed by atoms with Gasteiger partial charge in [-0.3, -0.25) is 0 Å². The average Bonchev–Trinajstić information content (AvgIpc) is 3.29. The number of halogens is 4. The summed E-state index contributed by atoms with van der Waals surface area (Å²) in [4.78, 5) is 7.57. The molecule has 3 heterocycles. The number of aliphatic hydroxyl groups excluding tert-OH is 3. The van der Waals surface area contributed by atoms with E-state index < -0.39 is 53.1 Å². The van der Waals surface area contributed by atoms with Gasteiger partial charge in [0, 0.05) is 10.5 Å². The van der Waals surface area contributed by atoms with Crippen LogP contribution in [0.4, 0.5) is 14.6 Å². The number of rotatable bonds is 5. The fourth-order valence-electron chi connectivity index (χ4n) is 3.45. The quantitative estimate of drug-likeness (QED) is 0.340. The van der Waals surface area contributed by atoms with Crippen LogP contribution in [0, 0.1) is 18.2 Å². The lowest BCUT2D eigenvalue weighted by molar-refractivity contribution is -0.178. The van der Waals surface area contributed by atoms with Crippen molar-refractivity contribution < 1.29 is 28.8 Å². The molecular formula is C20H15Cl2F2N5O4S. The van der Waals surface area contributed by atoms with Gasteiger partial charge in [-0.1, -0.05) is 35.0 Å². The Hall–Kier alpha value is -2.37. The molecule has 2 aromatic heterocycles. The molecule has 3 N–H and O–H groups in total. The predicted octanol–water partition coefficient (Wildman–Crippen LogP) is 3.25. The van der Waals surface area contributed by atoms with Gasteiger partial charge in [-0.25, -0.2) is 13.5 Å². The van der Waals surface area contributed by atoms with Crippen molar-refractivity contribution in [1.82, 2.24) is 20.0 Å². The molecular weight excluding hydrogens is 515 g/mol. The van der Waals surface area contributed by atoms with Crippen LogP contribution in [0.2, 0.25) is 10.0 Å². The second-order valence-corrected chi connectivity index (χ2v) is 9.19. The zero-order chi connectivity index (χ0) is 24.6. The van der Waals surface area contributed by atoms with E-state index in [4.69, 9.17) is 34.5 Å². The van der Waals surface area contributed by atoms with Crippen molar-refractivity contribution in [3.05, 3.63) is 63.7 Å². The van der Waals surface area contributed by atoms with Crippen molar-refractivity contribution in [3.63, 3.8) is 0 Å². The molecule has 9 nitrogen and oxygen atoms in total. The SMILES string of the molecule is [C-]#[N+]c1ncc(Cl)cc1S[C@H]1OC(CO)[C@H](O)[C@H](n2cc(-c3cc(F)c(Cl)c(F)c3)nn2)C1O. The van der Waals surface area contributed by atoms with Gasteiger partial charge in [0.05, 0.1) is 17.8 Å². The molecule has 5 atom stereocenters. The molecule has 0 aliphatic carbocycles. The third-order valence-corrected chi connectivity index (χ3v) is 6.84. The average molecular weight is 530 g/mol. The third kappa shape index (κ3) is 4.73. The lowest BCUT2D eigenvalue weighted by Crippen LogP contribution is -2.55. The predicted molar refractivity (Wildman–Crippen MR) is 119 cm³/mol. The number of benzene rings is 1. The number of pyridine rings is 1. The molecule has 0 bridgehead atoms. The number of aromatic nitrogens is 4. The van der Waals surface area contributed by atoms with E-state index in [1.54, 1.807) is 0 Å². The highest BCUT2D eigenvalue weighted by Crippen LogP contribution is 2.41. The summed E-state index contributed by atoms with van der Waals surface area (Å²) in [7, 11) is 0. The monoisotopic (exact) mass is 529 g/mol. The van der Waals surface area contributed by atoms with E-state index in [1.165, 1.54) is 18.5 Å². The Morgan fingerprint density at radius 1 is 1.18 bits per heavy atom. The fraction of sp³-hybridized carbons (Fsp3) is 0.300. The lowest BCUT2D eigenvalue weighted by Gasteiger charge is -2.41. The Bertz CT molecular complexity index is 1240. The second kappa shape index (κ2) is 10.1. The summed E-state index contributed by atoms with van der Waals surface area (Å²) in [6.45, 7) is 6.69.